The summed E-state index contributed by atoms with van der Waals surface area (Å²) in [6, 6.07) is 5.40. The van der Waals surface area contributed by atoms with Crippen LogP contribution >= 0.6 is 0 Å². The minimum absolute atomic E-state index is 0.00552. The van der Waals surface area contributed by atoms with Gasteiger partial charge in [0.1, 0.15) is 5.69 Å². The maximum Gasteiger partial charge on any atom is 0.293 e. The number of nitriles is 1. The SMILES string of the molecule is CS(=O)(=O)c1ccc(NCCNS(=O)(=O)CCCCC#N)c([N+](=O)[O-])c1. The average Bonchev–Trinajstić information content (AvgIpc) is 2.54. The monoisotopic (exact) mass is 404 g/mol. The molecular formula is C14H20N4O6S2. The summed E-state index contributed by atoms with van der Waals surface area (Å²) in [6.07, 6.45) is 2.11. The minimum atomic E-state index is -3.58. The van der Waals surface area contributed by atoms with Crippen LogP contribution < -0.4 is 10.0 Å². The Kier molecular flexibility index (Phi) is 7.94. The van der Waals surface area contributed by atoms with Crippen LogP contribution in [0.3, 0.4) is 0 Å². The first-order valence-electron chi connectivity index (χ1n) is 7.63. The summed E-state index contributed by atoms with van der Waals surface area (Å²) < 4.78 is 48.8. The number of anilines is 1. The van der Waals surface area contributed by atoms with Gasteiger partial charge in [0.2, 0.25) is 10.0 Å². The van der Waals surface area contributed by atoms with Gasteiger partial charge >= 0.3 is 0 Å². The number of hydrogen-bond acceptors (Lipinski definition) is 8. The lowest BCUT2D eigenvalue weighted by molar-refractivity contribution is -0.384. The average molecular weight is 404 g/mol. The van der Waals surface area contributed by atoms with Crippen molar-refractivity contribution >= 4 is 31.2 Å². The Bertz CT molecular complexity index is 891. The van der Waals surface area contributed by atoms with Crippen LogP contribution in [0.25, 0.3) is 0 Å². The quantitative estimate of drug-likeness (QED) is 0.314. The molecule has 0 aliphatic heterocycles. The number of nitrogens with one attached hydrogen (secondary N) is 2. The Labute approximate surface area is 152 Å². The third-order valence-corrected chi connectivity index (χ3v) is 5.89. The third kappa shape index (κ3) is 7.34. The van der Waals surface area contributed by atoms with Crippen LogP contribution in [0, 0.1) is 21.4 Å². The normalized spacial score (nSPS) is 11.7. The van der Waals surface area contributed by atoms with Crippen molar-refractivity contribution in [3.05, 3.63) is 28.3 Å². The second-order valence-electron chi connectivity index (χ2n) is 5.46. The third-order valence-electron chi connectivity index (χ3n) is 3.31. The van der Waals surface area contributed by atoms with Gasteiger partial charge in [-0.25, -0.2) is 21.6 Å². The number of rotatable bonds is 11. The van der Waals surface area contributed by atoms with E-state index in [1.165, 1.54) is 12.1 Å². The Balaban J connectivity index is 2.63. The van der Waals surface area contributed by atoms with E-state index in [4.69, 9.17) is 5.26 Å². The van der Waals surface area contributed by atoms with Gasteiger partial charge < -0.3 is 5.32 Å². The van der Waals surface area contributed by atoms with Crippen LogP contribution in [-0.4, -0.2) is 46.9 Å². The molecule has 144 valence electrons. The molecule has 1 rings (SSSR count). The van der Waals surface area contributed by atoms with Crippen LogP contribution in [0.4, 0.5) is 11.4 Å². The fourth-order valence-corrected chi connectivity index (χ4v) is 3.80. The van der Waals surface area contributed by atoms with Gasteiger partial charge in [-0.15, -0.1) is 0 Å². The van der Waals surface area contributed by atoms with Gasteiger partial charge in [0.25, 0.3) is 5.69 Å². The second-order valence-corrected chi connectivity index (χ2v) is 9.41. The molecule has 0 spiro atoms. The lowest BCUT2D eigenvalue weighted by Crippen LogP contribution is -2.31. The van der Waals surface area contributed by atoms with Crippen molar-refractivity contribution < 1.29 is 21.8 Å². The topological polar surface area (TPSA) is 159 Å². The molecule has 0 saturated heterocycles. The molecule has 1 aromatic rings. The molecule has 10 nitrogen and oxygen atoms in total. The lowest BCUT2D eigenvalue weighted by Gasteiger charge is -2.10. The smallest absolute Gasteiger partial charge is 0.293 e. The Hall–Kier alpha value is -2.23. The Morgan fingerprint density at radius 3 is 2.46 bits per heavy atom. The van der Waals surface area contributed by atoms with E-state index in [2.05, 4.69) is 10.0 Å². The number of nitro groups is 1. The number of sulfone groups is 1. The molecule has 0 heterocycles. The van der Waals surface area contributed by atoms with E-state index < -0.39 is 30.5 Å². The fraction of sp³-hybridized carbons (Fsp3) is 0.500. The highest BCUT2D eigenvalue weighted by Crippen LogP contribution is 2.27. The largest absolute Gasteiger partial charge is 0.378 e. The Morgan fingerprint density at radius 2 is 1.88 bits per heavy atom. The molecule has 0 aliphatic carbocycles. The fourth-order valence-electron chi connectivity index (χ4n) is 2.01. The number of nitrogens with zero attached hydrogens (tertiary/aromatic N) is 2. The molecule has 0 radical (unpaired) electrons. The van der Waals surface area contributed by atoms with Gasteiger partial charge in [-0.1, -0.05) is 0 Å². The van der Waals surface area contributed by atoms with Gasteiger partial charge in [-0.2, -0.15) is 5.26 Å². The highest BCUT2D eigenvalue weighted by atomic mass is 32.2. The van der Waals surface area contributed by atoms with E-state index in [1.807, 2.05) is 6.07 Å². The molecule has 0 aliphatic rings. The highest BCUT2D eigenvalue weighted by Gasteiger charge is 2.18. The van der Waals surface area contributed by atoms with E-state index >= 15 is 0 Å². The molecule has 0 fully saturated rings. The molecule has 0 amide bonds. The number of sulfonamides is 1. The van der Waals surface area contributed by atoms with Crippen molar-refractivity contribution in [1.29, 1.82) is 5.26 Å². The molecule has 0 atom stereocenters. The number of benzene rings is 1. The van der Waals surface area contributed by atoms with E-state index in [-0.39, 0.29) is 29.4 Å². The molecule has 0 saturated carbocycles. The molecule has 1 aromatic carbocycles. The summed E-state index contributed by atoms with van der Waals surface area (Å²) >= 11 is 0. The second kappa shape index (κ2) is 9.46. The van der Waals surface area contributed by atoms with Crippen molar-refractivity contribution in [3.63, 3.8) is 0 Å². The van der Waals surface area contributed by atoms with E-state index in [0.29, 0.717) is 19.3 Å². The van der Waals surface area contributed by atoms with Gasteiger partial charge in [-0.05, 0) is 25.0 Å². The maximum absolute atomic E-state index is 11.7. The predicted molar refractivity (Wildman–Crippen MR) is 95.9 cm³/mol. The van der Waals surface area contributed by atoms with Crippen molar-refractivity contribution in [2.45, 2.75) is 24.2 Å². The van der Waals surface area contributed by atoms with E-state index in [0.717, 1.165) is 12.3 Å². The summed E-state index contributed by atoms with van der Waals surface area (Å²) in [5.41, 5.74) is -0.317. The van der Waals surface area contributed by atoms with Gasteiger partial charge in [-0.3, -0.25) is 10.1 Å². The van der Waals surface area contributed by atoms with Crippen LogP contribution in [0.5, 0.6) is 0 Å². The summed E-state index contributed by atoms with van der Waals surface area (Å²) in [7, 11) is -7.06. The van der Waals surface area contributed by atoms with E-state index in [9.17, 15) is 26.9 Å². The van der Waals surface area contributed by atoms with Gasteiger partial charge in [0.05, 0.1) is 21.6 Å². The molecular weight excluding hydrogens is 384 g/mol. The lowest BCUT2D eigenvalue weighted by atomic mass is 10.2. The predicted octanol–water partition coefficient (Wildman–Crippen LogP) is 1.02. The number of nitro benzene ring substituents is 1. The van der Waals surface area contributed by atoms with Gasteiger partial charge in [0.15, 0.2) is 9.84 Å². The summed E-state index contributed by atoms with van der Waals surface area (Å²) in [5, 5.41) is 22.2. The highest BCUT2D eigenvalue weighted by molar-refractivity contribution is 7.90. The van der Waals surface area contributed by atoms with Crippen molar-refractivity contribution in [1.82, 2.24) is 4.72 Å². The van der Waals surface area contributed by atoms with Crippen LogP contribution in [0.1, 0.15) is 19.3 Å². The van der Waals surface area contributed by atoms with E-state index in [1.54, 1.807) is 0 Å². The first kappa shape index (κ1) is 21.8. The minimum Gasteiger partial charge on any atom is -0.378 e. The maximum atomic E-state index is 11.7. The van der Waals surface area contributed by atoms with Crippen LogP contribution in [0.2, 0.25) is 0 Å². The molecule has 2 N–H and O–H groups in total. The van der Waals surface area contributed by atoms with Crippen LogP contribution in [-0.2, 0) is 19.9 Å². The molecule has 0 bridgehead atoms. The van der Waals surface area contributed by atoms with Gasteiger partial charge in [0, 0.05) is 31.8 Å². The molecule has 12 heteroatoms. The zero-order valence-electron chi connectivity index (χ0n) is 14.1. The zero-order chi connectivity index (χ0) is 19.8. The molecule has 26 heavy (non-hydrogen) atoms. The summed E-state index contributed by atoms with van der Waals surface area (Å²) in [5.74, 6) is -0.0993. The van der Waals surface area contributed by atoms with Crippen molar-refractivity contribution in [2.24, 2.45) is 0 Å². The Morgan fingerprint density at radius 1 is 1.19 bits per heavy atom. The number of unbranched alkanes of at least 4 members (excludes halogenated alkanes) is 2. The van der Waals surface area contributed by atoms with Crippen molar-refractivity contribution in [3.8, 4) is 6.07 Å². The molecule has 0 aromatic heterocycles. The number of hydrogen-bond donors (Lipinski definition) is 2. The summed E-state index contributed by atoms with van der Waals surface area (Å²) in [4.78, 5) is 10.2. The summed E-state index contributed by atoms with van der Waals surface area (Å²) in [6.45, 7) is 0.0854. The van der Waals surface area contributed by atoms with Crippen LogP contribution in [0.15, 0.2) is 23.1 Å². The standard InChI is InChI=1S/C14H20N4O6S2/c1-25(21,22)12-5-6-13(14(11-12)18(19)20)16-8-9-17-26(23,24)10-4-2-3-7-15/h5-6,11,16-17H,2-4,8-10H2,1H3. The van der Waals surface area contributed by atoms with Crippen molar-refractivity contribution in [2.75, 3.05) is 30.4 Å². The first-order valence-corrected chi connectivity index (χ1v) is 11.2. The molecule has 0 unspecified atom stereocenters. The zero-order valence-corrected chi connectivity index (χ0v) is 15.8. The first-order chi connectivity index (χ1) is 12.1.